The number of amides is 4. The molecule has 21 nitrogen and oxygen atoms in total. The summed E-state index contributed by atoms with van der Waals surface area (Å²) in [5.74, 6) is 0.151. The average molecular weight is 1320 g/mol. The fourth-order valence-corrected chi connectivity index (χ4v) is 11.2. The molecule has 4 saturated heterocycles. The smallest absolute Gasteiger partial charge is 0.410 e. The Morgan fingerprint density at radius 3 is 1.55 bits per heavy atom. The number of rotatable bonds is 13. The van der Waals surface area contributed by atoms with Crippen LogP contribution in [0.3, 0.4) is 0 Å². The first-order valence-corrected chi connectivity index (χ1v) is 29.7. The number of methoxy groups -OCH3 is 1. The first-order valence-electron chi connectivity index (χ1n) is 29.7. The molecule has 4 fully saturated rings. The SMILES string of the molecule is C.C=CC(=O)N1CCC[C@@H](Nc2nc(Nc3ccc4c(c3)CN(CC3CCN(C(=O)OC(C)(C)C)CC3)C4)ncc2F)C1.C=CC(=O)N1CCC[C@@H](Nc2nc(Nc3ccc4c(c3)CNC4)ncc2F)C1.COC1CCN(C(=O)OC(C)(C)C)CC1.[I-]. The molecule has 4 amide bonds. The van der Waals surface area contributed by atoms with Gasteiger partial charge in [-0.05, 0) is 157 Å². The Balaban J connectivity index is 0.000000231. The van der Waals surface area contributed by atoms with Crippen molar-refractivity contribution in [3.63, 3.8) is 0 Å². The highest BCUT2D eigenvalue weighted by molar-refractivity contribution is 5.87. The third-order valence-corrected chi connectivity index (χ3v) is 15.5. The molecule has 87 heavy (non-hydrogen) atoms. The van der Waals surface area contributed by atoms with Gasteiger partial charge >= 0.3 is 12.2 Å². The molecule has 6 aliphatic heterocycles. The van der Waals surface area contributed by atoms with Crippen LogP contribution < -0.4 is 50.6 Å². The fraction of sp³-hybridized carbons (Fsp3) is 0.556. The maximum Gasteiger partial charge on any atom is 0.410 e. The monoisotopic (exact) mass is 1320 g/mol. The van der Waals surface area contributed by atoms with Crippen LogP contribution in [0.2, 0.25) is 0 Å². The Morgan fingerprint density at radius 2 is 1.08 bits per heavy atom. The summed E-state index contributed by atoms with van der Waals surface area (Å²) in [7, 11) is 1.72. The lowest BCUT2D eigenvalue weighted by Crippen LogP contribution is -3.00. The average Bonchev–Trinajstić information content (AvgIpc) is 4.31. The second-order valence-corrected chi connectivity index (χ2v) is 24.5. The summed E-state index contributed by atoms with van der Waals surface area (Å²) in [6.07, 6.45) is 11.9. The van der Waals surface area contributed by atoms with E-state index in [1.807, 2.05) is 58.6 Å². The molecule has 0 aliphatic carbocycles. The number of carbonyl (C=O) groups excluding carboxylic acids is 4. The molecule has 5 N–H and O–H groups in total. The highest BCUT2D eigenvalue weighted by Crippen LogP contribution is 2.31. The van der Waals surface area contributed by atoms with Gasteiger partial charge in [0.1, 0.15) is 11.2 Å². The second-order valence-electron chi connectivity index (χ2n) is 24.5. The molecule has 8 heterocycles. The van der Waals surface area contributed by atoms with Crippen LogP contribution in [0.1, 0.15) is 123 Å². The molecule has 0 radical (unpaired) electrons. The minimum atomic E-state index is -0.533. The van der Waals surface area contributed by atoms with Crippen LogP contribution in [0.15, 0.2) is 74.1 Å². The summed E-state index contributed by atoms with van der Waals surface area (Å²) in [6, 6.07) is 12.1. The van der Waals surface area contributed by atoms with Crippen molar-refractivity contribution in [3.8, 4) is 0 Å². The number of nitrogens with one attached hydrogen (secondary N) is 5. The summed E-state index contributed by atoms with van der Waals surface area (Å²) < 4.78 is 44.9. The minimum absolute atomic E-state index is 0. The summed E-state index contributed by atoms with van der Waals surface area (Å²) in [5, 5.41) is 16.0. The predicted molar refractivity (Wildman–Crippen MR) is 330 cm³/mol. The third kappa shape index (κ3) is 20.7. The lowest BCUT2D eigenvalue weighted by Gasteiger charge is -2.34. The van der Waals surface area contributed by atoms with Crippen molar-refractivity contribution in [3.05, 3.63) is 108 Å². The highest BCUT2D eigenvalue weighted by Gasteiger charge is 2.31. The lowest BCUT2D eigenvalue weighted by atomic mass is 9.96. The molecular weight excluding hydrogens is 1230 g/mol. The highest BCUT2D eigenvalue weighted by atomic mass is 127. The molecule has 0 spiro atoms. The Bertz CT molecular complexity index is 2990. The Hall–Kier alpha value is -6.77. The van der Waals surface area contributed by atoms with E-state index < -0.39 is 22.8 Å². The van der Waals surface area contributed by atoms with Crippen molar-refractivity contribution in [2.45, 2.75) is 156 Å². The van der Waals surface area contributed by atoms with Crippen molar-refractivity contribution < 1.29 is 66.1 Å². The van der Waals surface area contributed by atoms with Crippen LogP contribution in [-0.4, -0.2) is 164 Å². The number of benzene rings is 2. The molecule has 2 atom stereocenters. The number of hydrogen-bond donors (Lipinski definition) is 5. The molecule has 10 rings (SSSR count). The molecule has 476 valence electrons. The van der Waals surface area contributed by atoms with Gasteiger partial charge in [-0.3, -0.25) is 14.5 Å². The molecule has 2 aromatic carbocycles. The predicted octanol–water partition coefficient (Wildman–Crippen LogP) is 7.13. The van der Waals surface area contributed by atoms with Gasteiger partial charge in [0.25, 0.3) is 0 Å². The zero-order valence-corrected chi connectivity index (χ0v) is 53.0. The van der Waals surface area contributed by atoms with Crippen LogP contribution >= 0.6 is 0 Å². The van der Waals surface area contributed by atoms with Gasteiger partial charge in [0.15, 0.2) is 23.3 Å². The number of anilines is 6. The third-order valence-electron chi connectivity index (χ3n) is 15.5. The van der Waals surface area contributed by atoms with Gasteiger partial charge in [0.2, 0.25) is 23.7 Å². The van der Waals surface area contributed by atoms with Gasteiger partial charge in [-0.25, -0.2) is 28.3 Å². The lowest BCUT2D eigenvalue weighted by molar-refractivity contribution is -0.127. The molecule has 24 heteroatoms. The van der Waals surface area contributed by atoms with E-state index in [1.54, 1.807) is 21.8 Å². The second kappa shape index (κ2) is 31.9. The van der Waals surface area contributed by atoms with Gasteiger partial charge in [-0.15, -0.1) is 0 Å². The van der Waals surface area contributed by atoms with Crippen molar-refractivity contribution in [1.29, 1.82) is 0 Å². The standard InChI is InChI=1S/C31H42FN7O3.C20H23FN6O.C11H21NO3.CH4.HI/c1-5-27(40)39-12-6-7-25(20-39)34-28-26(32)16-33-29(36-28)35-24-9-8-22-18-37(19-23(22)15-24)17-21-10-13-38(14-11-21)30(41)42-31(2,3)4;1-2-18(28)27-7-3-4-16(12-27)24-19-17(21)11-23-20(26-19)25-15-6-5-13-9-22-10-14(13)8-15;1-11(2,3)15-10(13)12-7-5-9(14-4)6-8-12;;/h5,8-9,15-16,21,25H,1,6-7,10-14,17-20H2,2-4H3,(H2,33,34,35,36);2,5-6,8,11,16,22H,1,3-4,7,9-10,12H2,(H2,23,24,25,26);9H,5-8H2,1-4H3;1H4;1H/p-1/t25-;16-;;;/m11.../s1. The van der Waals surface area contributed by atoms with Gasteiger partial charge in [-0.2, -0.15) is 9.97 Å². The molecule has 0 bridgehead atoms. The van der Waals surface area contributed by atoms with Crippen LogP contribution in [0.4, 0.5) is 53.3 Å². The van der Waals surface area contributed by atoms with Gasteiger partial charge in [0, 0.05) is 116 Å². The topological polar surface area (TPSA) is 224 Å². The van der Waals surface area contributed by atoms with E-state index in [0.29, 0.717) is 50.1 Å². The normalized spacial score (nSPS) is 18.8. The number of fused-ring (bicyclic) bond motifs is 2. The quantitative estimate of drug-likeness (QED) is 0.0663. The summed E-state index contributed by atoms with van der Waals surface area (Å²) >= 11 is 0. The van der Waals surface area contributed by atoms with E-state index >= 15 is 0 Å². The Morgan fingerprint density at radius 1 is 0.632 bits per heavy atom. The molecule has 0 saturated carbocycles. The van der Waals surface area contributed by atoms with E-state index in [1.165, 1.54) is 34.4 Å². The number of hydrogen-bond acceptors (Lipinski definition) is 17. The number of carbonyl (C=O) groups is 4. The maximum absolute atomic E-state index is 14.6. The van der Waals surface area contributed by atoms with E-state index in [0.717, 1.165) is 134 Å². The molecular formula is C63H90F2IN14O7-. The van der Waals surface area contributed by atoms with Crippen molar-refractivity contribution in [1.82, 2.24) is 49.8 Å². The molecule has 6 aliphatic rings. The number of piperidine rings is 4. The first-order chi connectivity index (χ1) is 40.6. The van der Waals surface area contributed by atoms with E-state index in [2.05, 4.69) is 88.8 Å². The van der Waals surface area contributed by atoms with Crippen molar-refractivity contribution in [2.24, 2.45) is 5.92 Å². The number of ether oxygens (including phenoxy) is 3. The molecule has 4 aromatic rings. The van der Waals surface area contributed by atoms with Crippen molar-refractivity contribution in [2.75, 3.05) is 87.3 Å². The maximum atomic E-state index is 14.6. The minimum Gasteiger partial charge on any atom is -1.00 e. The first kappa shape index (κ1) is 69.3. The Labute approximate surface area is 529 Å². The number of nitrogens with zero attached hydrogens (tertiary/aromatic N) is 9. The van der Waals surface area contributed by atoms with Crippen LogP contribution in [-0.2, 0) is 50.0 Å². The summed E-state index contributed by atoms with van der Waals surface area (Å²) in [4.78, 5) is 74.3. The van der Waals surface area contributed by atoms with Crippen molar-refractivity contribution >= 4 is 58.9 Å². The largest absolute Gasteiger partial charge is 1.00 e. The van der Waals surface area contributed by atoms with Crippen LogP contribution in [0, 0.1) is 17.6 Å². The van der Waals surface area contributed by atoms with Gasteiger partial charge in [0.05, 0.1) is 18.5 Å². The van der Waals surface area contributed by atoms with Gasteiger partial charge in [-0.1, -0.05) is 32.7 Å². The fourth-order valence-electron chi connectivity index (χ4n) is 11.2. The molecule has 0 unspecified atom stereocenters. The summed E-state index contributed by atoms with van der Waals surface area (Å²) in [5.41, 5.74) is 5.89. The van der Waals surface area contributed by atoms with E-state index in [9.17, 15) is 28.0 Å². The number of halogens is 3. The number of aromatic nitrogens is 4. The molecule has 2 aromatic heterocycles. The zero-order valence-electron chi connectivity index (χ0n) is 50.9. The van der Waals surface area contributed by atoms with E-state index in [4.69, 9.17) is 14.2 Å². The van der Waals surface area contributed by atoms with E-state index in [-0.39, 0.29) is 79.1 Å². The number of likely N-dealkylation sites (tertiary alicyclic amines) is 4. The summed E-state index contributed by atoms with van der Waals surface area (Å²) in [6.45, 7) is 28.1. The van der Waals surface area contributed by atoms with Gasteiger partial charge < -0.3 is 84.4 Å². The van der Waals surface area contributed by atoms with Crippen LogP contribution in [0.25, 0.3) is 0 Å². The zero-order chi connectivity index (χ0) is 60.8. The Kier molecular flexibility index (Phi) is 25.4. The van der Waals surface area contributed by atoms with Crippen LogP contribution in [0.5, 0.6) is 0 Å².